The first kappa shape index (κ1) is 14.8. The van der Waals surface area contributed by atoms with Gasteiger partial charge in [-0.15, -0.1) is 0 Å². The van der Waals surface area contributed by atoms with Crippen LogP contribution < -0.4 is 5.43 Å². The Morgan fingerprint density at radius 2 is 1.61 bits per heavy atom. The molecule has 0 atom stereocenters. The molecule has 2 aromatic carbocycles. The minimum atomic E-state index is -0.647. The van der Waals surface area contributed by atoms with E-state index in [2.05, 4.69) is 0 Å². The largest absolute Gasteiger partial charge is 0.508 e. The van der Waals surface area contributed by atoms with Gasteiger partial charge >= 0.3 is 0 Å². The molecule has 0 aliphatic rings. The van der Waals surface area contributed by atoms with E-state index in [0.29, 0.717) is 5.56 Å². The van der Waals surface area contributed by atoms with Gasteiger partial charge in [0, 0.05) is 17.2 Å². The Labute approximate surface area is 130 Å². The quantitative estimate of drug-likeness (QED) is 0.514. The van der Waals surface area contributed by atoms with Crippen molar-refractivity contribution in [2.75, 3.05) is 0 Å². The van der Waals surface area contributed by atoms with Crippen LogP contribution in [-0.2, 0) is 0 Å². The van der Waals surface area contributed by atoms with Crippen LogP contribution in [0.3, 0.4) is 0 Å². The van der Waals surface area contributed by atoms with Crippen LogP contribution in [0.25, 0.3) is 22.3 Å². The van der Waals surface area contributed by atoms with Crippen LogP contribution in [0.2, 0.25) is 0 Å². The van der Waals surface area contributed by atoms with Crippen molar-refractivity contribution in [2.45, 2.75) is 13.8 Å². The van der Waals surface area contributed by atoms with Crippen LogP contribution in [0, 0.1) is 13.8 Å². The highest BCUT2D eigenvalue weighted by molar-refractivity contribution is 5.84. The fraction of sp³-hybridized carbons (Fsp3) is 0.118. The van der Waals surface area contributed by atoms with Gasteiger partial charge in [-0.05, 0) is 37.6 Å². The van der Waals surface area contributed by atoms with Crippen molar-refractivity contribution >= 4 is 11.0 Å². The predicted molar refractivity (Wildman–Crippen MR) is 84.1 cm³/mol. The Hall–Kier alpha value is -3.15. The highest BCUT2D eigenvalue weighted by Gasteiger charge is 2.21. The van der Waals surface area contributed by atoms with Crippen molar-refractivity contribution in [3.05, 3.63) is 45.6 Å². The third kappa shape index (κ3) is 2.15. The highest BCUT2D eigenvalue weighted by Crippen LogP contribution is 2.41. The molecule has 0 aliphatic heterocycles. The summed E-state index contributed by atoms with van der Waals surface area (Å²) in [5, 5.41) is 39.5. The number of aromatic hydroxyl groups is 4. The van der Waals surface area contributed by atoms with E-state index in [1.54, 1.807) is 6.92 Å². The molecular formula is C17H14O6. The van der Waals surface area contributed by atoms with Gasteiger partial charge in [0.1, 0.15) is 11.3 Å². The van der Waals surface area contributed by atoms with E-state index in [1.165, 1.54) is 31.2 Å². The van der Waals surface area contributed by atoms with Crippen molar-refractivity contribution in [1.29, 1.82) is 0 Å². The van der Waals surface area contributed by atoms with Crippen molar-refractivity contribution in [3.63, 3.8) is 0 Å². The average Bonchev–Trinajstić information content (AvgIpc) is 2.52. The first-order chi connectivity index (χ1) is 10.8. The number of fused-ring (bicyclic) bond motifs is 1. The molecule has 118 valence electrons. The number of hydrogen-bond acceptors (Lipinski definition) is 6. The molecule has 0 saturated heterocycles. The van der Waals surface area contributed by atoms with Gasteiger partial charge in [-0.3, -0.25) is 4.79 Å². The van der Waals surface area contributed by atoms with Crippen molar-refractivity contribution in [3.8, 4) is 34.3 Å². The van der Waals surface area contributed by atoms with Gasteiger partial charge in [-0.25, -0.2) is 0 Å². The van der Waals surface area contributed by atoms with E-state index in [0.717, 1.165) is 0 Å². The molecule has 0 saturated carbocycles. The minimum Gasteiger partial charge on any atom is -0.508 e. The van der Waals surface area contributed by atoms with Crippen molar-refractivity contribution in [1.82, 2.24) is 0 Å². The lowest BCUT2D eigenvalue weighted by atomic mass is 10.00. The van der Waals surface area contributed by atoms with E-state index in [9.17, 15) is 25.2 Å². The minimum absolute atomic E-state index is 0.0845. The molecule has 4 N–H and O–H groups in total. The average molecular weight is 314 g/mol. The molecule has 23 heavy (non-hydrogen) atoms. The van der Waals surface area contributed by atoms with Crippen LogP contribution >= 0.6 is 0 Å². The van der Waals surface area contributed by atoms with Crippen molar-refractivity contribution in [2.24, 2.45) is 0 Å². The Morgan fingerprint density at radius 1 is 0.913 bits per heavy atom. The fourth-order valence-corrected chi connectivity index (χ4v) is 2.48. The number of phenolic OH excluding ortho intramolecular Hbond substituents is 3. The fourth-order valence-electron chi connectivity index (χ4n) is 2.48. The third-order valence-electron chi connectivity index (χ3n) is 3.81. The Morgan fingerprint density at radius 3 is 2.30 bits per heavy atom. The summed E-state index contributed by atoms with van der Waals surface area (Å²) in [6.45, 7) is 3.09. The molecule has 0 bridgehead atoms. The summed E-state index contributed by atoms with van der Waals surface area (Å²) in [4.78, 5) is 12.3. The molecule has 3 rings (SSSR count). The van der Waals surface area contributed by atoms with Crippen molar-refractivity contribution < 1.29 is 24.8 Å². The predicted octanol–water partition coefficient (Wildman–Crippen LogP) is 2.90. The molecule has 3 aromatic rings. The van der Waals surface area contributed by atoms with E-state index in [-0.39, 0.29) is 45.1 Å². The maximum Gasteiger partial charge on any atom is 0.235 e. The lowest BCUT2D eigenvalue weighted by Crippen LogP contribution is -2.03. The van der Waals surface area contributed by atoms with Crippen LogP contribution in [0.15, 0.2) is 33.5 Å². The van der Waals surface area contributed by atoms with Gasteiger partial charge in [0.25, 0.3) is 0 Å². The van der Waals surface area contributed by atoms with Crippen LogP contribution in [0.4, 0.5) is 0 Å². The molecule has 0 aliphatic carbocycles. The number of benzene rings is 2. The summed E-state index contributed by atoms with van der Waals surface area (Å²) < 4.78 is 5.57. The molecule has 1 heterocycles. The summed E-state index contributed by atoms with van der Waals surface area (Å²) in [5.41, 5.74) is 0.350. The maximum absolute atomic E-state index is 12.3. The first-order valence-electron chi connectivity index (χ1n) is 6.82. The van der Waals surface area contributed by atoms with Gasteiger partial charge in [0.2, 0.25) is 11.2 Å². The molecule has 6 nitrogen and oxygen atoms in total. The lowest BCUT2D eigenvalue weighted by molar-refractivity contribution is 0.398. The normalized spacial score (nSPS) is 11.0. The molecule has 0 amide bonds. The number of phenols is 3. The zero-order valence-corrected chi connectivity index (χ0v) is 12.4. The Balaban J connectivity index is 2.42. The Bertz CT molecular complexity index is 1000. The Kier molecular flexibility index (Phi) is 3.18. The van der Waals surface area contributed by atoms with Crippen LogP contribution in [-0.4, -0.2) is 20.4 Å². The van der Waals surface area contributed by atoms with Crippen LogP contribution in [0.5, 0.6) is 23.0 Å². The van der Waals surface area contributed by atoms with Gasteiger partial charge in [-0.2, -0.15) is 0 Å². The number of aryl methyl sites for hydroxylation is 1. The first-order valence-corrected chi connectivity index (χ1v) is 6.82. The maximum atomic E-state index is 12.3. The van der Waals surface area contributed by atoms with E-state index < -0.39 is 11.2 Å². The van der Waals surface area contributed by atoms with E-state index >= 15 is 0 Å². The third-order valence-corrected chi connectivity index (χ3v) is 3.81. The molecule has 0 spiro atoms. The van der Waals surface area contributed by atoms with Gasteiger partial charge in [0.15, 0.2) is 17.3 Å². The summed E-state index contributed by atoms with van der Waals surface area (Å²) in [5.74, 6) is -1.44. The van der Waals surface area contributed by atoms with E-state index in [4.69, 9.17) is 4.42 Å². The molecule has 0 fully saturated rings. The molecular weight excluding hydrogens is 300 g/mol. The topological polar surface area (TPSA) is 111 Å². The second kappa shape index (κ2) is 4.95. The highest BCUT2D eigenvalue weighted by atomic mass is 16.4. The second-order valence-electron chi connectivity index (χ2n) is 5.35. The standard InChI is InChI=1S/C17H14O6/c1-7-5-11(8(2)14(20)13(7)19)17-16(22)15(21)10-4-3-9(18)6-12(10)23-17/h3-6,18-20,22H,1-2H3. The summed E-state index contributed by atoms with van der Waals surface area (Å²) in [6.07, 6.45) is 0. The van der Waals surface area contributed by atoms with Crippen LogP contribution in [0.1, 0.15) is 11.1 Å². The van der Waals surface area contributed by atoms with Gasteiger partial charge in [-0.1, -0.05) is 0 Å². The van der Waals surface area contributed by atoms with Gasteiger partial charge < -0.3 is 24.8 Å². The summed E-state index contributed by atoms with van der Waals surface area (Å²) in [7, 11) is 0. The smallest absolute Gasteiger partial charge is 0.235 e. The van der Waals surface area contributed by atoms with E-state index in [1.807, 2.05) is 0 Å². The molecule has 6 heteroatoms. The SMILES string of the molecule is Cc1cc(-c2oc3cc(O)ccc3c(=O)c2O)c(C)c(O)c1O. The number of rotatable bonds is 1. The molecule has 0 radical (unpaired) electrons. The van der Waals surface area contributed by atoms with Gasteiger partial charge in [0.05, 0.1) is 5.39 Å². The lowest BCUT2D eigenvalue weighted by Gasteiger charge is -2.12. The summed E-state index contributed by atoms with van der Waals surface area (Å²) >= 11 is 0. The zero-order chi connectivity index (χ0) is 16.9. The molecule has 0 unspecified atom stereocenters. The summed E-state index contributed by atoms with van der Waals surface area (Å²) in [6, 6.07) is 5.44. The second-order valence-corrected chi connectivity index (χ2v) is 5.35. The molecule has 1 aromatic heterocycles. The number of hydrogen-bond donors (Lipinski definition) is 4. The zero-order valence-electron chi connectivity index (χ0n) is 12.4. The monoisotopic (exact) mass is 314 g/mol.